The summed E-state index contributed by atoms with van der Waals surface area (Å²) in [5, 5.41) is 0.474. The third-order valence-corrected chi connectivity index (χ3v) is 2.38. The first-order valence-corrected chi connectivity index (χ1v) is 5.16. The predicted octanol–water partition coefficient (Wildman–Crippen LogP) is 4.15. The van der Waals surface area contributed by atoms with Gasteiger partial charge in [0.1, 0.15) is 12.4 Å². The normalized spacial score (nSPS) is 11.5. The van der Waals surface area contributed by atoms with Crippen molar-refractivity contribution < 1.29 is 4.74 Å². The molecule has 0 spiro atoms. The summed E-state index contributed by atoms with van der Waals surface area (Å²) >= 11 is 14.3. The van der Waals surface area contributed by atoms with Gasteiger partial charge in [-0.2, -0.15) is 0 Å². The molecule has 0 bridgehead atoms. The van der Waals surface area contributed by atoms with Crippen molar-refractivity contribution in [2.24, 2.45) is 0 Å². The van der Waals surface area contributed by atoms with Gasteiger partial charge in [0.2, 0.25) is 0 Å². The minimum absolute atomic E-state index is 0.293. The van der Waals surface area contributed by atoms with Gasteiger partial charge in [0.15, 0.2) is 0 Å². The second-order valence-electron chi connectivity index (χ2n) is 2.30. The Hall–Kier alpha value is -0.180. The molecule has 13 heavy (non-hydrogen) atoms. The van der Waals surface area contributed by atoms with Crippen LogP contribution >= 0.6 is 39.1 Å². The van der Waals surface area contributed by atoms with E-state index < -0.39 is 0 Å². The quantitative estimate of drug-likeness (QED) is 0.809. The lowest BCUT2D eigenvalue weighted by Crippen LogP contribution is -1.96. The monoisotopic (exact) mass is 280 g/mol. The van der Waals surface area contributed by atoms with Crippen LogP contribution in [0.1, 0.15) is 0 Å². The Kier molecular flexibility index (Phi) is 4.64. The second kappa shape index (κ2) is 5.53. The first kappa shape index (κ1) is 10.9. The third kappa shape index (κ3) is 4.03. The minimum Gasteiger partial charge on any atom is -0.488 e. The van der Waals surface area contributed by atoms with Crippen molar-refractivity contribution in [2.45, 2.75) is 0 Å². The number of halogens is 3. The van der Waals surface area contributed by atoms with Crippen LogP contribution in [0.25, 0.3) is 0 Å². The van der Waals surface area contributed by atoms with Crippen molar-refractivity contribution >= 4 is 39.1 Å². The number of benzene rings is 1. The van der Waals surface area contributed by atoms with Crippen LogP contribution in [0.3, 0.4) is 0 Å². The molecule has 1 rings (SSSR count). The molecule has 0 radical (unpaired) electrons. The molecular weight excluding hydrogens is 275 g/mol. The van der Waals surface area contributed by atoms with E-state index in [1.165, 1.54) is 5.54 Å². The van der Waals surface area contributed by atoms with Crippen molar-refractivity contribution in [2.75, 3.05) is 6.61 Å². The van der Waals surface area contributed by atoms with Gasteiger partial charge >= 0.3 is 0 Å². The summed E-state index contributed by atoms with van der Waals surface area (Å²) in [7, 11) is 0. The molecule has 0 heterocycles. The third-order valence-electron chi connectivity index (χ3n) is 1.29. The number of rotatable bonds is 3. The SMILES string of the molecule is Cl/C=C(/Cl)COc1cccc(Br)c1. The molecular formula is C9H7BrCl2O. The predicted molar refractivity (Wildman–Crippen MR) is 59.4 cm³/mol. The van der Waals surface area contributed by atoms with E-state index >= 15 is 0 Å². The molecule has 0 aliphatic heterocycles. The summed E-state index contributed by atoms with van der Waals surface area (Å²) in [6.45, 7) is 0.293. The highest BCUT2D eigenvalue weighted by Crippen LogP contribution is 2.18. The molecule has 70 valence electrons. The first-order valence-electron chi connectivity index (χ1n) is 3.55. The molecule has 0 atom stereocenters. The molecule has 0 N–H and O–H groups in total. The van der Waals surface area contributed by atoms with Crippen molar-refractivity contribution in [3.05, 3.63) is 39.3 Å². The summed E-state index contributed by atoms with van der Waals surface area (Å²) < 4.78 is 6.29. The smallest absolute Gasteiger partial charge is 0.125 e. The molecule has 0 aromatic heterocycles. The van der Waals surface area contributed by atoms with E-state index in [1.54, 1.807) is 0 Å². The average molecular weight is 282 g/mol. The molecule has 4 heteroatoms. The van der Waals surface area contributed by atoms with Gasteiger partial charge in [0.05, 0.1) is 5.03 Å². The highest BCUT2D eigenvalue weighted by molar-refractivity contribution is 9.10. The first-order chi connectivity index (χ1) is 6.22. The maximum absolute atomic E-state index is 5.65. The van der Waals surface area contributed by atoms with E-state index in [1.807, 2.05) is 24.3 Å². The van der Waals surface area contributed by atoms with Crippen molar-refractivity contribution in [3.63, 3.8) is 0 Å². The van der Waals surface area contributed by atoms with Gasteiger partial charge in [0, 0.05) is 10.0 Å². The van der Waals surface area contributed by atoms with E-state index in [9.17, 15) is 0 Å². The largest absolute Gasteiger partial charge is 0.488 e. The van der Waals surface area contributed by atoms with Crippen LogP contribution in [0, 0.1) is 0 Å². The van der Waals surface area contributed by atoms with Crippen LogP contribution in [-0.2, 0) is 0 Å². The van der Waals surface area contributed by atoms with E-state index in [4.69, 9.17) is 27.9 Å². The summed E-state index contributed by atoms with van der Waals surface area (Å²) in [6.07, 6.45) is 0. The molecule has 1 aromatic rings. The molecule has 0 saturated carbocycles. The fourth-order valence-electron chi connectivity index (χ4n) is 0.741. The van der Waals surface area contributed by atoms with Crippen molar-refractivity contribution in [3.8, 4) is 5.75 Å². The number of hydrogen-bond acceptors (Lipinski definition) is 1. The molecule has 0 fully saturated rings. The van der Waals surface area contributed by atoms with Crippen molar-refractivity contribution in [1.82, 2.24) is 0 Å². The molecule has 0 aliphatic rings. The van der Waals surface area contributed by atoms with Crippen LogP contribution < -0.4 is 4.74 Å². The van der Waals surface area contributed by atoms with Gasteiger partial charge < -0.3 is 4.74 Å². The highest BCUT2D eigenvalue weighted by Gasteiger charge is 1.95. The summed E-state index contributed by atoms with van der Waals surface area (Å²) in [5.41, 5.74) is 1.29. The summed E-state index contributed by atoms with van der Waals surface area (Å²) in [4.78, 5) is 0. The van der Waals surface area contributed by atoms with Gasteiger partial charge in [0.25, 0.3) is 0 Å². The lowest BCUT2D eigenvalue weighted by molar-refractivity contribution is 0.359. The van der Waals surface area contributed by atoms with Gasteiger partial charge in [-0.1, -0.05) is 45.2 Å². The summed E-state index contributed by atoms with van der Waals surface area (Å²) in [5.74, 6) is 0.756. The van der Waals surface area contributed by atoms with E-state index in [0.717, 1.165) is 10.2 Å². The van der Waals surface area contributed by atoms with E-state index in [0.29, 0.717) is 11.6 Å². The maximum atomic E-state index is 5.65. The summed E-state index contributed by atoms with van der Waals surface area (Å²) in [6, 6.07) is 7.52. The zero-order valence-electron chi connectivity index (χ0n) is 6.64. The zero-order chi connectivity index (χ0) is 9.68. The number of hydrogen-bond donors (Lipinski definition) is 0. The van der Waals surface area contributed by atoms with Crippen LogP contribution in [0.15, 0.2) is 39.3 Å². The number of ether oxygens (including phenoxy) is 1. The lowest BCUT2D eigenvalue weighted by Gasteiger charge is -2.04. The van der Waals surface area contributed by atoms with Gasteiger partial charge in [-0.05, 0) is 18.2 Å². The van der Waals surface area contributed by atoms with Crippen LogP contribution in [0.4, 0.5) is 0 Å². The van der Waals surface area contributed by atoms with E-state index in [-0.39, 0.29) is 0 Å². The van der Waals surface area contributed by atoms with Gasteiger partial charge in [-0.3, -0.25) is 0 Å². The molecule has 0 amide bonds. The molecule has 1 nitrogen and oxygen atoms in total. The Labute approximate surface area is 95.4 Å². The van der Waals surface area contributed by atoms with Gasteiger partial charge in [-0.15, -0.1) is 0 Å². The molecule has 0 aliphatic carbocycles. The second-order valence-corrected chi connectivity index (χ2v) is 3.92. The zero-order valence-corrected chi connectivity index (χ0v) is 9.73. The lowest BCUT2D eigenvalue weighted by atomic mass is 10.3. The Morgan fingerprint density at radius 3 is 2.92 bits per heavy atom. The molecule has 0 saturated heterocycles. The van der Waals surface area contributed by atoms with Crippen LogP contribution in [-0.4, -0.2) is 6.61 Å². The van der Waals surface area contributed by atoms with Crippen LogP contribution in [0.5, 0.6) is 5.75 Å². The standard InChI is InChI=1S/C9H7BrCl2O/c10-7-2-1-3-9(4-7)13-6-8(12)5-11/h1-5H,6H2/b8-5+. The maximum Gasteiger partial charge on any atom is 0.125 e. The topological polar surface area (TPSA) is 9.23 Å². The molecule has 1 aromatic carbocycles. The fraction of sp³-hybridized carbons (Fsp3) is 0.111. The minimum atomic E-state index is 0.293. The Morgan fingerprint density at radius 2 is 2.31 bits per heavy atom. The highest BCUT2D eigenvalue weighted by atomic mass is 79.9. The Bertz CT molecular complexity index is 312. The van der Waals surface area contributed by atoms with Crippen LogP contribution in [0.2, 0.25) is 0 Å². The fourth-order valence-corrected chi connectivity index (χ4v) is 1.24. The average Bonchev–Trinajstić information content (AvgIpc) is 2.14. The van der Waals surface area contributed by atoms with Gasteiger partial charge in [-0.25, -0.2) is 0 Å². The Morgan fingerprint density at radius 1 is 1.54 bits per heavy atom. The Balaban J connectivity index is 2.55. The molecule has 0 unspecified atom stereocenters. The van der Waals surface area contributed by atoms with Crippen molar-refractivity contribution in [1.29, 1.82) is 0 Å². The van der Waals surface area contributed by atoms with E-state index in [2.05, 4.69) is 15.9 Å².